The maximum absolute atomic E-state index is 12.2. The van der Waals surface area contributed by atoms with E-state index in [0.29, 0.717) is 16.9 Å². The molecule has 138 valence electrons. The smallest absolute Gasteiger partial charge is 0.339 e. The molecule has 0 bridgehead atoms. The second-order valence-corrected chi connectivity index (χ2v) is 5.67. The minimum atomic E-state index is -0.557. The second-order valence-electron chi connectivity index (χ2n) is 5.67. The van der Waals surface area contributed by atoms with Crippen LogP contribution in [-0.2, 0) is 14.3 Å². The van der Waals surface area contributed by atoms with E-state index in [1.165, 1.54) is 18.9 Å². The van der Waals surface area contributed by atoms with Crippen molar-refractivity contribution < 1.29 is 19.1 Å². The first-order valence-corrected chi connectivity index (χ1v) is 8.21. The highest BCUT2D eigenvalue weighted by molar-refractivity contribution is 6.02. The highest BCUT2D eigenvalue weighted by Crippen LogP contribution is 2.22. The lowest BCUT2D eigenvalue weighted by molar-refractivity contribution is -0.117. The molecule has 0 saturated heterocycles. The predicted octanol–water partition coefficient (Wildman–Crippen LogP) is 2.73. The first-order valence-electron chi connectivity index (χ1n) is 8.21. The number of carbonyl (C=O) groups is 3. The lowest BCUT2D eigenvalue weighted by atomic mass is 10.1. The number of benzene rings is 2. The fourth-order valence-electron chi connectivity index (χ4n) is 2.50. The molecule has 0 atom stereocenters. The Bertz CT molecular complexity index is 885. The van der Waals surface area contributed by atoms with Gasteiger partial charge in [0.05, 0.1) is 30.0 Å². The van der Waals surface area contributed by atoms with Gasteiger partial charge in [-0.3, -0.25) is 9.59 Å². The summed E-state index contributed by atoms with van der Waals surface area (Å²) in [6.07, 6.45) is 0.0368. The maximum atomic E-state index is 12.2. The molecule has 0 aromatic heterocycles. The van der Waals surface area contributed by atoms with Gasteiger partial charge in [0.25, 0.3) is 0 Å². The van der Waals surface area contributed by atoms with Gasteiger partial charge in [-0.25, -0.2) is 4.79 Å². The van der Waals surface area contributed by atoms with E-state index in [4.69, 9.17) is 10.00 Å². The lowest BCUT2D eigenvalue weighted by Crippen LogP contribution is -2.33. The van der Waals surface area contributed by atoms with Crippen LogP contribution in [0.3, 0.4) is 0 Å². The quantitative estimate of drug-likeness (QED) is 0.794. The van der Waals surface area contributed by atoms with Crippen molar-refractivity contribution in [3.8, 4) is 6.07 Å². The van der Waals surface area contributed by atoms with E-state index in [1.807, 2.05) is 6.07 Å². The standard InChI is InChI=1S/C20H19N3O4/c1-14(24)23(18-6-4-3-5-17(18)20(26)27-2)12-11-19(25)22-16-9-7-15(13-21)8-10-16/h3-10H,11-12H2,1-2H3,(H,22,25). The Morgan fingerprint density at radius 1 is 1.11 bits per heavy atom. The van der Waals surface area contributed by atoms with E-state index >= 15 is 0 Å². The summed E-state index contributed by atoms with van der Waals surface area (Å²) < 4.78 is 4.75. The summed E-state index contributed by atoms with van der Waals surface area (Å²) in [4.78, 5) is 37.6. The molecule has 2 amide bonds. The van der Waals surface area contributed by atoms with Gasteiger partial charge >= 0.3 is 5.97 Å². The second kappa shape index (κ2) is 9.15. The fourth-order valence-corrected chi connectivity index (χ4v) is 2.50. The Hall–Kier alpha value is -3.66. The lowest BCUT2D eigenvalue weighted by Gasteiger charge is -2.23. The van der Waals surface area contributed by atoms with Crippen molar-refractivity contribution in [1.82, 2.24) is 0 Å². The Morgan fingerprint density at radius 3 is 2.37 bits per heavy atom. The van der Waals surface area contributed by atoms with Crippen molar-refractivity contribution in [2.24, 2.45) is 0 Å². The first-order chi connectivity index (χ1) is 13.0. The number of nitrogens with one attached hydrogen (secondary N) is 1. The van der Waals surface area contributed by atoms with Gasteiger partial charge in [0.2, 0.25) is 11.8 Å². The molecule has 2 aromatic rings. The van der Waals surface area contributed by atoms with Crippen molar-refractivity contribution in [3.05, 3.63) is 59.7 Å². The van der Waals surface area contributed by atoms with E-state index in [2.05, 4.69) is 5.32 Å². The summed E-state index contributed by atoms with van der Waals surface area (Å²) >= 11 is 0. The number of esters is 1. The minimum Gasteiger partial charge on any atom is -0.465 e. The van der Waals surface area contributed by atoms with Crippen LogP contribution >= 0.6 is 0 Å². The topological polar surface area (TPSA) is 99.5 Å². The van der Waals surface area contributed by atoms with E-state index < -0.39 is 5.97 Å². The monoisotopic (exact) mass is 365 g/mol. The fraction of sp³-hybridized carbons (Fsp3) is 0.200. The summed E-state index contributed by atoms with van der Waals surface area (Å²) in [5, 5.41) is 11.5. The van der Waals surface area contributed by atoms with Crippen LogP contribution < -0.4 is 10.2 Å². The third kappa shape index (κ3) is 5.16. The average molecular weight is 365 g/mol. The molecule has 7 nitrogen and oxygen atoms in total. The molecule has 0 heterocycles. The molecule has 2 rings (SSSR count). The molecule has 0 aliphatic heterocycles. The number of rotatable bonds is 6. The van der Waals surface area contributed by atoms with Gasteiger partial charge in [-0.05, 0) is 36.4 Å². The normalized spacial score (nSPS) is 9.81. The zero-order valence-corrected chi connectivity index (χ0v) is 15.1. The molecule has 0 radical (unpaired) electrons. The largest absolute Gasteiger partial charge is 0.465 e. The van der Waals surface area contributed by atoms with E-state index in [0.717, 1.165) is 0 Å². The van der Waals surface area contributed by atoms with Crippen LogP contribution in [0.25, 0.3) is 0 Å². The Morgan fingerprint density at radius 2 is 1.78 bits per heavy atom. The van der Waals surface area contributed by atoms with Crippen molar-refractivity contribution in [2.45, 2.75) is 13.3 Å². The molecule has 0 fully saturated rings. The van der Waals surface area contributed by atoms with Crippen LogP contribution in [0.15, 0.2) is 48.5 Å². The van der Waals surface area contributed by atoms with Gasteiger partial charge in [0.15, 0.2) is 0 Å². The van der Waals surface area contributed by atoms with Crippen LogP contribution in [0.1, 0.15) is 29.3 Å². The summed E-state index contributed by atoms with van der Waals surface area (Å²) in [5.41, 5.74) is 1.70. The molecule has 2 aromatic carbocycles. The summed E-state index contributed by atoms with van der Waals surface area (Å²) in [7, 11) is 1.27. The highest BCUT2D eigenvalue weighted by Gasteiger charge is 2.20. The van der Waals surface area contributed by atoms with Gasteiger partial charge in [-0.2, -0.15) is 5.26 Å². The van der Waals surface area contributed by atoms with Crippen LogP contribution in [-0.4, -0.2) is 31.4 Å². The van der Waals surface area contributed by atoms with Gasteiger partial charge in [-0.1, -0.05) is 12.1 Å². The number of carbonyl (C=O) groups excluding carboxylic acids is 3. The van der Waals surface area contributed by atoms with Gasteiger partial charge in [0.1, 0.15) is 0 Å². The number of anilines is 2. The molecular formula is C20H19N3O4. The Balaban J connectivity index is 2.09. The SMILES string of the molecule is COC(=O)c1ccccc1N(CCC(=O)Nc1ccc(C#N)cc1)C(C)=O. The Kier molecular flexibility index (Phi) is 6.67. The molecule has 7 heteroatoms. The number of hydrogen-bond acceptors (Lipinski definition) is 5. The zero-order chi connectivity index (χ0) is 19.8. The Labute approximate surface area is 157 Å². The van der Waals surface area contributed by atoms with Crippen molar-refractivity contribution in [1.29, 1.82) is 5.26 Å². The average Bonchev–Trinajstić information content (AvgIpc) is 2.68. The number of nitrogens with zero attached hydrogens (tertiary/aromatic N) is 2. The summed E-state index contributed by atoms with van der Waals surface area (Å²) in [6, 6.07) is 15.0. The van der Waals surface area contributed by atoms with Crippen molar-refractivity contribution in [2.75, 3.05) is 23.9 Å². The van der Waals surface area contributed by atoms with E-state index in [1.54, 1.807) is 48.5 Å². The first kappa shape index (κ1) is 19.7. The molecule has 0 saturated carbocycles. The van der Waals surface area contributed by atoms with Crippen LogP contribution in [0.5, 0.6) is 0 Å². The molecule has 27 heavy (non-hydrogen) atoms. The van der Waals surface area contributed by atoms with E-state index in [9.17, 15) is 14.4 Å². The molecule has 1 N–H and O–H groups in total. The highest BCUT2D eigenvalue weighted by atomic mass is 16.5. The molecule has 0 aliphatic rings. The third-order valence-electron chi connectivity index (χ3n) is 3.84. The van der Waals surface area contributed by atoms with Crippen LogP contribution in [0.2, 0.25) is 0 Å². The van der Waals surface area contributed by atoms with Gasteiger partial charge < -0.3 is 15.0 Å². The molecule has 0 aliphatic carbocycles. The summed E-state index contributed by atoms with van der Waals surface area (Å²) in [5.74, 6) is -1.14. The number of para-hydroxylation sites is 1. The number of methoxy groups -OCH3 is 1. The molecular weight excluding hydrogens is 346 g/mol. The zero-order valence-electron chi connectivity index (χ0n) is 15.1. The number of hydrogen-bond donors (Lipinski definition) is 1. The van der Waals surface area contributed by atoms with Crippen molar-refractivity contribution in [3.63, 3.8) is 0 Å². The molecule has 0 unspecified atom stereocenters. The summed E-state index contributed by atoms with van der Waals surface area (Å²) in [6.45, 7) is 1.47. The van der Waals surface area contributed by atoms with Crippen molar-refractivity contribution >= 4 is 29.2 Å². The third-order valence-corrected chi connectivity index (χ3v) is 3.84. The molecule has 0 spiro atoms. The number of amides is 2. The number of ether oxygens (including phenoxy) is 1. The van der Waals surface area contributed by atoms with Crippen LogP contribution in [0.4, 0.5) is 11.4 Å². The maximum Gasteiger partial charge on any atom is 0.339 e. The van der Waals surface area contributed by atoms with Crippen LogP contribution in [0, 0.1) is 11.3 Å². The van der Waals surface area contributed by atoms with E-state index in [-0.39, 0.29) is 30.3 Å². The predicted molar refractivity (Wildman–Crippen MR) is 100 cm³/mol. The number of nitriles is 1. The van der Waals surface area contributed by atoms with Gasteiger partial charge in [0, 0.05) is 25.6 Å². The minimum absolute atomic E-state index is 0.0368. The van der Waals surface area contributed by atoms with Gasteiger partial charge in [-0.15, -0.1) is 0 Å².